The van der Waals surface area contributed by atoms with Crippen LogP contribution in [-0.2, 0) is 4.79 Å². The summed E-state index contributed by atoms with van der Waals surface area (Å²) in [6, 6.07) is 13.2. The maximum absolute atomic E-state index is 13.2. The lowest BCUT2D eigenvalue weighted by Crippen LogP contribution is -2.24. The van der Waals surface area contributed by atoms with Crippen molar-refractivity contribution in [1.82, 2.24) is 15.3 Å². The van der Waals surface area contributed by atoms with Gasteiger partial charge in [0.05, 0.1) is 18.4 Å². The third-order valence-electron chi connectivity index (χ3n) is 3.77. The minimum atomic E-state index is -0.341. The molecule has 1 heterocycles. The van der Waals surface area contributed by atoms with E-state index in [9.17, 15) is 9.18 Å². The standard InChI is InChI=1S/C21H18FN3O2/c1-15(25-21(26)9-8-16-4-2-6-18(22)10-16)17-5-3-7-19(11-17)27-20-12-23-14-24-13-20/h2-15H,1H3,(H,25,26)/t15-/m0/s1. The molecule has 136 valence electrons. The van der Waals surface area contributed by atoms with Crippen LogP contribution < -0.4 is 10.1 Å². The average molecular weight is 363 g/mol. The van der Waals surface area contributed by atoms with Gasteiger partial charge in [-0.1, -0.05) is 24.3 Å². The summed E-state index contributed by atoms with van der Waals surface area (Å²) < 4.78 is 18.9. The third kappa shape index (κ3) is 5.47. The molecule has 0 aliphatic heterocycles. The zero-order chi connectivity index (χ0) is 19.1. The number of hydrogen-bond donors (Lipinski definition) is 1. The van der Waals surface area contributed by atoms with Gasteiger partial charge in [0.15, 0.2) is 5.75 Å². The van der Waals surface area contributed by atoms with E-state index in [1.54, 1.807) is 30.6 Å². The van der Waals surface area contributed by atoms with Crippen LogP contribution in [0.15, 0.2) is 73.3 Å². The van der Waals surface area contributed by atoms with E-state index in [2.05, 4.69) is 15.3 Å². The lowest BCUT2D eigenvalue weighted by Gasteiger charge is -2.14. The molecule has 0 saturated carbocycles. The Hall–Kier alpha value is -3.54. The average Bonchev–Trinajstić information content (AvgIpc) is 2.67. The number of nitrogens with one attached hydrogen (secondary N) is 1. The highest BCUT2D eigenvalue weighted by Crippen LogP contribution is 2.23. The Kier molecular flexibility index (Phi) is 5.89. The molecule has 2 aromatic carbocycles. The second-order valence-electron chi connectivity index (χ2n) is 5.87. The van der Waals surface area contributed by atoms with Gasteiger partial charge in [-0.15, -0.1) is 0 Å². The van der Waals surface area contributed by atoms with Crippen LogP contribution >= 0.6 is 0 Å². The van der Waals surface area contributed by atoms with Crippen molar-refractivity contribution in [2.45, 2.75) is 13.0 Å². The van der Waals surface area contributed by atoms with Crippen molar-refractivity contribution in [2.75, 3.05) is 0 Å². The Morgan fingerprint density at radius 1 is 1.11 bits per heavy atom. The lowest BCUT2D eigenvalue weighted by atomic mass is 10.1. The van der Waals surface area contributed by atoms with Gasteiger partial charge in [0, 0.05) is 6.08 Å². The summed E-state index contributed by atoms with van der Waals surface area (Å²) in [5, 5.41) is 2.87. The van der Waals surface area contributed by atoms with Crippen LogP contribution in [0.2, 0.25) is 0 Å². The second kappa shape index (κ2) is 8.71. The van der Waals surface area contributed by atoms with Gasteiger partial charge in [0.25, 0.3) is 0 Å². The predicted octanol–water partition coefficient (Wildman–Crippen LogP) is 4.30. The first-order valence-corrected chi connectivity index (χ1v) is 8.37. The summed E-state index contributed by atoms with van der Waals surface area (Å²) >= 11 is 0. The number of aromatic nitrogens is 2. The monoisotopic (exact) mass is 363 g/mol. The molecule has 1 N–H and O–H groups in total. The number of amides is 1. The first kappa shape index (κ1) is 18.3. The normalized spacial score (nSPS) is 11.9. The quantitative estimate of drug-likeness (QED) is 0.663. The van der Waals surface area contributed by atoms with Crippen molar-refractivity contribution < 1.29 is 13.9 Å². The van der Waals surface area contributed by atoms with Gasteiger partial charge in [-0.25, -0.2) is 14.4 Å². The Morgan fingerprint density at radius 3 is 2.67 bits per heavy atom. The summed E-state index contributed by atoms with van der Waals surface area (Å²) in [5.74, 6) is 0.546. The molecule has 0 spiro atoms. The molecule has 1 aromatic heterocycles. The Labute approximate surface area is 156 Å². The van der Waals surface area contributed by atoms with Gasteiger partial charge >= 0.3 is 0 Å². The summed E-state index contributed by atoms with van der Waals surface area (Å²) in [4.78, 5) is 19.9. The molecule has 1 amide bonds. The fourth-order valence-corrected chi connectivity index (χ4v) is 2.45. The number of nitrogens with zero attached hydrogens (tertiary/aromatic N) is 2. The molecule has 0 unspecified atom stereocenters. The minimum Gasteiger partial charge on any atom is -0.454 e. The number of rotatable bonds is 6. The van der Waals surface area contributed by atoms with E-state index in [4.69, 9.17) is 4.74 Å². The second-order valence-corrected chi connectivity index (χ2v) is 5.87. The van der Waals surface area contributed by atoms with Crippen molar-refractivity contribution in [3.63, 3.8) is 0 Å². The molecule has 3 rings (SSSR count). The van der Waals surface area contributed by atoms with Gasteiger partial charge in [-0.2, -0.15) is 0 Å². The van der Waals surface area contributed by atoms with E-state index in [1.807, 2.05) is 31.2 Å². The van der Waals surface area contributed by atoms with E-state index in [-0.39, 0.29) is 17.8 Å². The third-order valence-corrected chi connectivity index (χ3v) is 3.77. The zero-order valence-electron chi connectivity index (χ0n) is 14.7. The molecule has 6 heteroatoms. The fourth-order valence-electron chi connectivity index (χ4n) is 2.45. The van der Waals surface area contributed by atoms with Crippen LogP contribution in [0.25, 0.3) is 6.08 Å². The molecule has 1 atom stereocenters. The van der Waals surface area contributed by atoms with E-state index in [1.165, 1.54) is 24.5 Å². The molecule has 27 heavy (non-hydrogen) atoms. The van der Waals surface area contributed by atoms with Crippen LogP contribution in [0.5, 0.6) is 11.5 Å². The van der Waals surface area contributed by atoms with Crippen LogP contribution in [0.3, 0.4) is 0 Å². The van der Waals surface area contributed by atoms with Crippen LogP contribution in [0.4, 0.5) is 4.39 Å². The molecule has 0 saturated heterocycles. The highest BCUT2D eigenvalue weighted by molar-refractivity contribution is 5.91. The van der Waals surface area contributed by atoms with E-state index in [0.717, 1.165) is 5.56 Å². The summed E-state index contributed by atoms with van der Waals surface area (Å²) in [7, 11) is 0. The summed E-state index contributed by atoms with van der Waals surface area (Å²) in [6.45, 7) is 1.87. The van der Waals surface area contributed by atoms with Crippen LogP contribution in [0, 0.1) is 5.82 Å². The molecule has 5 nitrogen and oxygen atoms in total. The molecule has 0 fully saturated rings. The van der Waals surface area contributed by atoms with Crippen molar-refractivity contribution in [3.8, 4) is 11.5 Å². The van der Waals surface area contributed by atoms with Gasteiger partial charge in [0.2, 0.25) is 5.91 Å². The fraction of sp³-hybridized carbons (Fsp3) is 0.0952. The zero-order valence-corrected chi connectivity index (χ0v) is 14.7. The lowest BCUT2D eigenvalue weighted by molar-refractivity contribution is -0.117. The molecule has 0 aliphatic carbocycles. The van der Waals surface area contributed by atoms with E-state index < -0.39 is 0 Å². The predicted molar refractivity (Wildman–Crippen MR) is 101 cm³/mol. The molecule has 3 aromatic rings. The van der Waals surface area contributed by atoms with Crippen molar-refractivity contribution >= 4 is 12.0 Å². The molecular formula is C21H18FN3O2. The van der Waals surface area contributed by atoms with Crippen molar-refractivity contribution in [2.24, 2.45) is 0 Å². The first-order chi connectivity index (χ1) is 13.1. The Balaban J connectivity index is 1.62. The Bertz CT molecular complexity index is 945. The topological polar surface area (TPSA) is 64.1 Å². The maximum atomic E-state index is 13.2. The van der Waals surface area contributed by atoms with E-state index >= 15 is 0 Å². The van der Waals surface area contributed by atoms with Crippen LogP contribution in [-0.4, -0.2) is 15.9 Å². The van der Waals surface area contributed by atoms with Gasteiger partial charge in [-0.3, -0.25) is 4.79 Å². The Morgan fingerprint density at radius 2 is 1.89 bits per heavy atom. The smallest absolute Gasteiger partial charge is 0.244 e. The maximum Gasteiger partial charge on any atom is 0.244 e. The van der Waals surface area contributed by atoms with E-state index in [0.29, 0.717) is 17.1 Å². The van der Waals surface area contributed by atoms with Gasteiger partial charge in [0.1, 0.15) is 17.9 Å². The number of hydrogen-bond acceptors (Lipinski definition) is 4. The number of benzene rings is 2. The SMILES string of the molecule is C[C@H](NC(=O)C=Cc1cccc(F)c1)c1cccc(Oc2cncnc2)c1. The summed E-state index contributed by atoms with van der Waals surface area (Å²) in [6.07, 6.45) is 7.52. The van der Waals surface area contributed by atoms with Crippen molar-refractivity contribution in [1.29, 1.82) is 0 Å². The molecular weight excluding hydrogens is 345 g/mol. The highest BCUT2D eigenvalue weighted by Gasteiger charge is 2.09. The first-order valence-electron chi connectivity index (χ1n) is 8.37. The molecule has 0 bridgehead atoms. The van der Waals surface area contributed by atoms with Gasteiger partial charge in [-0.05, 0) is 48.4 Å². The number of carbonyl (C=O) groups excluding carboxylic acids is 1. The number of ether oxygens (including phenoxy) is 1. The minimum absolute atomic E-state index is 0.231. The summed E-state index contributed by atoms with van der Waals surface area (Å²) in [5.41, 5.74) is 1.51. The molecule has 0 radical (unpaired) electrons. The number of halogens is 1. The van der Waals surface area contributed by atoms with Gasteiger partial charge < -0.3 is 10.1 Å². The largest absolute Gasteiger partial charge is 0.454 e. The van der Waals surface area contributed by atoms with Crippen molar-refractivity contribution in [3.05, 3.63) is 90.3 Å². The molecule has 0 aliphatic rings. The number of carbonyl (C=O) groups is 1. The highest BCUT2D eigenvalue weighted by atomic mass is 19.1. The van der Waals surface area contributed by atoms with Crippen LogP contribution in [0.1, 0.15) is 24.1 Å².